The standard InChI is InChI=1S/C67H43NS2/c1-3-15-48(16-4-1)67(49-17-5-2-6-18-49)60-25-10-7-19-55(60)59-43-52(41-42-61(59)67)68(51-39-35-46(36-40-51)53-22-14-28-64-65(53)58-21-9-12-27-63(58)69-64)50-37-33-45(34-38-50)44-29-31-47(32-30-44)54-23-13-24-57-56-20-8-11-26-62(56)70-66(54)57/h1-43H. The van der Waals surface area contributed by atoms with Crippen molar-refractivity contribution in [3.8, 4) is 44.5 Å². The lowest BCUT2D eigenvalue weighted by molar-refractivity contribution is 0.768. The van der Waals surface area contributed by atoms with Crippen molar-refractivity contribution < 1.29 is 0 Å². The number of hydrogen-bond acceptors (Lipinski definition) is 3. The summed E-state index contributed by atoms with van der Waals surface area (Å²) in [6.07, 6.45) is 0. The molecule has 2 aromatic heterocycles. The maximum atomic E-state index is 2.43. The van der Waals surface area contributed by atoms with E-state index in [1.165, 1.54) is 107 Å². The number of hydrogen-bond donors (Lipinski definition) is 0. The number of nitrogens with zero attached hydrogens (tertiary/aromatic N) is 1. The first-order chi connectivity index (χ1) is 34.7. The van der Waals surface area contributed by atoms with Gasteiger partial charge in [0.15, 0.2) is 0 Å². The lowest BCUT2D eigenvalue weighted by atomic mass is 9.68. The smallest absolute Gasteiger partial charge is 0.0713 e. The van der Waals surface area contributed by atoms with E-state index in [4.69, 9.17) is 0 Å². The molecule has 70 heavy (non-hydrogen) atoms. The number of fused-ring (bicyclic) bond motifs is 9. The Morgan fingerprint density at radius 1 is 0.286 bits per heavy atom. The molecule has 2 heterocycles. The summed E-state index contributed by atoms with van der Waals surface area (Å²) < 4.78 is 5.30. The maximum absolute atomic E-state index is 2.43. The molecule has 0 N–H and O–H groups in total. The van der Waals surface area contributed by atoms with Crippen molar-refractivity contribution in [2.75, 3.05) is 4.90 Å². The number of anilines is 3. The van der Waals surface area contributed by atoms with Crippen LogP contribution in [0, 0.1) is 0 Å². The van der Waals surface area contributed by atoms with Crippen LogP contribution in [0.15, 0.2) is 261 Å². The van der Waals surface area contributed by atoms with Crippen LogP contribution >= 0.6 is 22.7 Å². The Balaban J connectivity index is 0.887. The molecule has 0 aliphatic heterocycles. The topological polar surface area (TPSA) is 3.24 Å². The van der Waals surface area contributed by atoms with E-state index < -0.39 is 5.41 Å². The molecule has 0 unspecified atom stereocenters. The highest BCUT2D eigenvalue weighted by Gasteiger charge is 2.46. The van der Waals surface area contributed by atoms with Gasteiger partial charge in [-0.2, -0.15) is 0 Å². The molecule has 0 saturated carbocycles. The Labute approximate surface area is 415 Å². The minimum atomic E-state index is -0.464. The molecule has 0 radical (unpaired) electrons. The highest BCUT2D eigenvalue weighted by atomic mass is 32.1. The second kappa shape index (κ2) is 16.4. The maximum Gasteiger partial charge on any atom is 0.0713 e. The van der Waals surface area contributed by atoms with Crippen molar-refractivity contribution in [1.82, 2.24) is 0 Å². The third-order valence-corrected chi connectivity index (χ3v) is 17.0. The summed E-state index contributed by atoms with van der Waals surface area (Å²) in [5.74, 6) is 0. The summed E-state index contributed by atoms with van der Waals surface area (Å²) in [7, 11) is 0. The van der Waals surface area contributed by atoms with E-state index in [0.717, 1.165) is 17.1 Å². The third kappa shape index (κ3) is 6.36. The minimum Gasteiger partial charge on any atom is -0.310 e. The molecule has 13 aromatic rings. The van der Waals surface area contributed by atoms with Crippen LogP contribution < -0.4 is 4.90 Å². The average Bonchev–Trinajstić information content (AvgIpc) is 4.11. The molecule has 3 heteroatoms. The highest BCUT2D eigenvalue weighted by molar-refractivity contribution is 7.26. The number of benzene rings is 11. The Kier molecular flexibility index (Phi) is 9.55. The van der Waals surface area contributed by atoms with Crippen LogP contribution in [-0.4, -0.2) is 0 Å². The predicted molar refractivity (Wildman–Crippen MR) is 301 cm³/mol. The van der Waals surface area contributed by atoms with Gasteiger partial charge in [-0.15, -0.1) is 22.7 Å². The fourth-order valence-electron chi connectivity index (χ4n) is 11.4. The lowest BCUT2D eigenvalue weighted by Crippen LogP contribution is -2.28. The summed E-state index contributed by atoms with van der Waals surface area (Å²) in [6.45, 7) is 0. The lowest BCUT2D eigenvalue weighted by Gasteiger charge is -2.34. The fourth-order valence-corrected chi connectivity index (χ4v) is 13.8. The largest absolute Gasteiger partial charge is 0.310 e. The molecule has 0 atom stereocenters. The van der Waals surface area contributed by atoms with Gasteiger partial charge in [0.1, 0.15) is 0 Å². The Bertz CT molecular complexity index is 4050. The number of thiophene rings is 2. The van der Waals surface area contributed by atoms with Crippen molar-refractivity contribution in [1.29, 1.82) is 0 Å². The van der Waals surface area contributed by atoms with Gasteiger partial charge in [-0.25, -0.2) is 0 Å². The normalized spacial score (nSPS) is 12.7. The molecule has 328 valence electrons. The molecule has 0 spiro atoms. The zero-order chi connectivity index (χ0) is 46.2. The van der Waals surface area contributed by atoms with Gasteiger partial charge < -0.3 is 4.90 Å². The van der Waals surface area contributed by atoms with Crippen molar-refractivity contribution in [2.45, 2.75) is 5.41 Å². The van der Waals surface area contributed by atoms with Gasteiger partial charge in [0, 0.05) is 57.4 Å². The zero-order valence-electron chi connectivity index (χ0n) is 38.1. The van der Waals surface area contributed by atoms with Crippen LogP contribution in [-0.2, 0) is 5.41 Å². The van der Waals surface area contributed by atoms with Crippen molar-refractivity contribution in [3.63, 3.8) is 0 Å². The van der Waals surface area contributed by atoms with Crippen molar-refractivity contribution in [2.24, 2.45) is 0 Å². The van der Waals surface area contributed by atoms with Gasteiger partial charge in [-0.3, -0.25) is 0 Å². The first-order valence-electron chi connectivity index (χ1n) is 24.0. The van der Waals surface area contributed by atoms with Crippen LogP contribution in [0.4, 0.5) is 17.1 Å². The molecule has 0 amide bonds. The predicted octanol–water partition coefficient (Wildman–Crippen LogP) is 19.3. The SMILES string of the molecule is c1ccc(C2(c3ccccc3)c3ccccc3-c3cc(N(c4ccc(-c5ccc(-c6cccc7c6sc6ccccc67)cc5)cc4)c4ccc(-c5cccc6sc7ccccc7c56)cc4)ccc32)cc1. The first-order valence-corrected chi connectivity index (χ1v) is 25.6. The molecule has 0 bridgehead atoms. The van der Waals surface area contributed by atoms with Gasteiger partial charge in [0.05, 0.1) is 5.41 Å². The van der Waals surface area contributed by atoms with Gasteiger partial charge in [-0.1, -0.05) is 206 Å². The molecule has 14 rings (SSSR count). The van der Waals surface area contributed by atoms with Crippen LogP contribution in [0.25, 0.3) is 84.9 Å². The van der Waals surface area contributed by atoms with E-state index in [1.807, 2.05) is 22.7 Å². The van der Waals surface area contributed by atoms with Crippen molar-refractivity contribution in [3.05, 3.63) is 283 Å². The average molecular weight is 926 g/mol. The molecular weight excluding hydrogens is 883 g/mol. The molecule has 0 fully saturated rings. The summed E-state index contributed by atoms with van der Waals surface area (Å²) in [4.78, 5) is 2.43. The number of rotatable bonds is 8. The summed E-state index contributed by atoms with van der Waals surface area (Å²) in [5, 5.41) is 5.29. The first kappa shape index (κ1) is 40.7. The molecule has 0 saturated heterocycles. The van der Waals surface area contributed by atoms with Crippen LogP contribution in [0.1, 0.15) is 22.3 Å². The van der Waals surface area contributed by atoms with E-state index >= 15 is 0 Å². The quantitative estimate of drug-likeness (QED) is 0.147. The van der Waals surface area contributed by atoms with Crippen LogP contribution in [0.3, 0.4) is 0 Å². The Morgan fingerprint density at radius 2 is 0.757 bits per heavy atom. The van der Waals surface area contributed by atoms with E-state index in [1.54, 1.807) is 0 Å². The summed E-state index contributed by atoms with van der Waals surface area (Å²) >= 11 is 3.75. The van der Waals surface area contributed by atoms with E-state index in [0.29, 0.717) is 0 Å². The highest BCUT2D eigenvalue weighted by Crippen LogP contribution is 2.57. The van der Waals surface area contributed by atoms with E-state index in [-0.39, 0.29) is 0 Å². The molecular formula is C67H43NS2. The Morgan fingerprint density at radius 3 is 1.47 bits per heavy atom. The molecule has 1 aliphatic carbocycles. The van der Waals surface area contributed by atoms with E-state index in [2.05, 4.69) is 266 Å². The van der Waals surface area contributed by atoms with Gasteiger partial charge in [-0.05, 0) is 121 Å². The third-order valence-electron chi connectivity index (χ3n) is 14.6. The molecule has 11 aromatic carbocycles. The fraction of sp³-hybridized carbons (Fsp3) is 0.0149. The van der Waals surface area contributed by atoms with Gasteiger partial charge in [0.25, 0.3) is 0 Å². The Hall–Kier alpha value is -8.34. The van der Waals surface area contributed by atoms with Gasteiger partial charge in [0.2, 0.25) is 0 Å². The van der Waals surface area contributed by atoms with Crippen LogP contribution in [0.5, 0.6) is 0 Å². The monoisotopic (exact) mass is 925 g/mol. The van der Waals surface area contributed by atoms with Crippen molar-refractivity contribution >= 4 is 80.1 Å². The second-order valence-corrected chi connectivity index (χ2v) is 20.5. The van der Waals surface area contributed by atoms with Gasteiger partial charge >= 0.3 is 0 Å². The zero-order valence-corrected chi connectivity index (χ0v) is 39.7. The van der Waals surface area contributed by atoms with E-state index in [9.17, 15) is 0 Å². The molecule has 1 aliphatic rings. The summed E-state index contributed by atoms with van der Waals surface area (Å²) in [5.41, 5.74) is 17.8. The molecule has 1 nitrogen and oxygen atoms in total. The summed E-state index contributed by atoms with van der Waals surface area (Å²) in [6, 6.07) is 96.6. The minimum absolute atomic E-state index is 0.464. The van der Waals surface area contributed by atoms with Crippen LogP contribution in [0.2, 0.25) is 0 Å². The second-order valence-electron chi connectivity index (χ2n) is 18.3.